The minimum Gasteiger partial charge on any atom is -0.484 e. The summed E-state index contributed by atoms with van der Waals surface area (Å²) in [6.07, 6.45) is 1.40. The fourth-order valence-corrected chi connectivity index (χ4v) is 2.50. The van der Waals surface area contributed by atoms with Gasteiger partial charge in [-0.05, 0) is 25.1 Å². The molecule has 1 aromatic heterocycles. The van der Waals surface area contributed by atoms with Gasteiger partial charge in [0.25, 0.3) is 5.91 Å². The largest absolute Gasteiger partial charge is 0.484 e. The van der Waals surface area contributed by atoms with Gasteiger partial charge >= 0.3 is 0 Å². The van der Waals surface area contributed by atoms with Crippen LogP contribution in [0.15, 0.2) is 36.5 Å². The summed E-state index contributed by atoms with van der Waals surface area (Å²) in [7, 11) is 0. The molecule has 1 amide bonds. The summed E-state index contributed by atoms with van der Waals surface area (Å²) in [5, 5.41) is 0. The molecule has 1 aliphatic rings. The molecule has 0 aliphatic carbocycles. The highest BCUT2D eigenvalue weighted by atomic mass is 19.1. The minimum atomic E-state index is -0.398. The molecule has 0 bridgehead atoms. The molecule has 2 aromatic rings. The Morgan fingerprint density at radius 1 is 1.46 bits per heavy atom. The standard InChI is InChI=1S/C17H18FN3O3/c1-12-19-6-5-15(20-12)16-10-21(7-8-23-16)17(22)11-24-14-4-2-3-13(18)9-14/h2-6,9,16H,7-8,10-11H2,1H3. The Balaban J connectivity index is 1.59. The molecule has 1 unspecified atom stereocenters. The number of aromatic nitrogens is 2. The smallest absolute Gasteiger partial charge is 0.260 e. The van der Waals surface area contributed by atoms with Crippen molar-refractivity contribution in [2.75, 3.05) is 26.3 Å². The molecular weight excluding hydrogens is 313 g/mol. The van der Waals surface area contributed by atoms with Gasteiger partial charge in [-0.2, -0.15) is 0 Å². The van der Waals surface area contributed by atoms with E-state index in [0.717, 1.165) is 5.69 Å². The lowest BCUT2D eigenvalue weighted by Crippen LogP contribution is -2.44. The third kappa shape index (κ3) is 4.05. The summed E-state index contributed by atoms with van der Waals surface area (Å²) in [5.74, 6) is 0.428. The summed E-state index contributed by atoms with van der Waals surface area (Å²) in [4.78, 5) is 22.4. The van der Waals surface area contributed by atoms with Gasteiger partial charge in [0, 0.05) is 18.8 Å². The summed E-state index contributed by atoms with van der Waals surface area (Å²) in [6, 6.07) is 7.51. The highest BCUT2D eigenvalue weighted by Crippen LogP contribution is 2.20. The average Bonchev–Trinajstić information content (AvgIpc) is 2.60. The summed E-state index contributed by atoms with van der Waals surface area (Å²) >= 11 is 0. The van der Waals surface area contributed by atoms with Crippen LogP contribution >= 0.6 is 0 Å². The number of amides is 1. The highest BCUT2D eigenvalue weighted by Gasteiger charge is 2.26. The van der Waals surface area contributed by atoms with Crippen molar-refractivity contribution in [3.05, 3.63) is 53.9 Å². The van der Waals surface area contributed by atoms with E-state index in [-0.39, 0.29) is 18.6 Å². The number of carbonyl (C=O) groups excluding carboxylic acids is 1. The zero-order chi connectivity index (χ0) is 16.9. The van der Waals surface area contributed by atoms with E-state index in [1.807, 2.05) is 6.92 Å². The van der Waals surface area contributed by atoms with Crippen molar-refractivity contribution < 1.29 is 18.7 Å². The molecule has 0 N–H and O–H groups in total. The van der Waals surface area contributed by atoms with E-state index in [1.165, 1.54) is 18.2 Å². The van der Waals surface area contributed by atoms with Gasteiger partial charge in [0.2, 0.25) is 0 Å². The molecule has 2 heterocycles. The van der Waals surface area contributed by atoms with Gasteiger partial charge in [-0.1, -0.05) is 6.07 Å². The van der Waals surface area contributed by atoms with E-state index in [0.29, 0.717) is 31.3 Å². The number of aryl methyl sites for hydroxylation is 1. The van der Waals surface area contributed by atoms with Crippen molar-refractivity contribution in [2.45, 2.75) is 13.0 Å². The molecule has 7 heteroatoms. The molecule has 1 atom stereocenters. The Kier molecular flexibility index (Phi) is 5.00. The molecule has 0 spiro atoms. The number of benzene rings is 1. The van der Waals surface area contributed by atoms with Crippen LogP contribution in [-0.4, -0.2) is 47.1 Å². The zero-order valence-corrected chi connectivity index (χ0v) is 13.3. The Morgan fingerprint density at radius 2 is 2.33 bits per heavy atom. The molecule has 1 saturated heterocycles. The monoisotopic (exact) mass is 331 g/mol. The first kappa shape index (κ1) is 16.3. The first-order chi connectivity index (χ1) is 11.6. The molecule has 0 radical (unpaired) electrons. The minimum absolute atomic E-state index is 0.140. The van der Waals surface area contributed by atoms with Crippen LogP contribution in [0, 0.1) is 12.7 Å². The Bertz CT molecular complexity index is 726. The topological polar surface area (TPSA) is 64.6 Å². The van der Waals surface area contributed by atoms with Gasteiger partial charge in [0.05, 0.1) is 18.8 Å². The van der Waals surface area contributed by atoms with E-state index in [1.54, 1.807) is 23.2 Å². The number of morpholine rings is 1. The van der Waals surface area contributed by atoms with Gasteiger partial charge in [-0.3, -0.25) is 4.79 Å². The number of hydrogen-bond acceptors (Lipinski definition) is 5. The number of halogens is 1. The molecule has 6 nitrogen and oxygen atoms in total. The number of hydrogen-bond donors (Lipinski definition) is 0. The molecule has 3 rings (SSSR count). The van der Waals surface area contributed by atoms with Crippen molar-refractivity contribution in [1.29, 1.82) is 0 Å². The number of carbonyl (C=O) groups is 1. The van der Waals surface area contributed by atoms with Crippen molar-refractivity contribution in [1.82, 2.24) is 14.9 Å². The van der Waals surface area contributed by atoms with Crippen LogP contribution in [0.25, 0.3) is 0 Å². The number of nitrogens with zero attached hydrogens (tertiary/aromatic N) is 3. The summed E-state index contributed by atoms with van der Waals surface area (Å²) in [6.45, 7) is 2.99. The lowest BCUT2D eigenvalue weighted by atomic mass is 10.2. The van der Waals surface area contributed by atoms with Crippen LogP contribution in [-0.2, 0) is 9.53 Å². The molecule has 1 fully saturated rings. The van der Waals surface area contributed by atoms with E-state index in [4.69, 9.17) is 9.47 Å². The third-order valence-electron chi connectivity index (χ3n) is 3.71. The second-order valence-electron chi connectivity index (χ2n) is 5.47. The van der Waals surface area contributed by atoms with Crippen LogP contribution in [0.4, 0.5) is 4.39 Å². The fourth-order valence-electron chi connectivity index (χ4n) is 2.50. The molecule has 1 aromatic carbocycles. The van der Waals surface area contributed by atoms with Crippen molar-refractivity contribution in [3.63, 3.8) is 0 Å². The predicted molar refractivity (Wildman–Crippen MR) is 83.9 cm³/mol. The van der Waals surface area contributed by atoms with Crippen LogP contribution in [0.5, 0.6) is 5.75 Å². The number of ether oxygens (including phenoxy) is 2. The van der Waals surface area contributed by atoms with Gasteiger partial charge in [0.1, 0.15) is 23.5 Å². The Morgan fingerprint density at radius 3 is 3.12 bits per heavy atom. The molecular formula is C17H18FN3O3. The molecule has 24 heavy (non-hydrogen) atoms. The lowest BCUT2D eigenvalue weighted by Gasteiger charge is -2.32. The molecule has 0 saturated carbocycles. The quantitative estimate of drug-likeness (QED) is 0.856. The third-order valence-corrected chi connectivity index (χ3v) is 3.71. The van der Waals surface area contributed by atoms with E-state index in [2.05, 4.69) is 9.97 Å². The van der Waals surface area contributed by atoms with Crippen LogP contribution < -0.4 is 4.74 Å². The van der Waals surface area contributed by atoms with Crippen molar-refractivity contribution in [2.24, 2.45) is 0 Å². The summed E-state index contributed by atoms with van der Waals surface area (Å²) < 4.78 is 24.2. The van der Waals surface area contributed by atoms with Gasteiger partial charge in [-0.25, -0.2) is 14.4 Å². The normalized spacial score (nSPS) is 17.6. The maximum Gasteiger partial charge on any atom is 0.260 e. The van der Waals surface area contributed by atoms with Crippen LogP contribution in [0.2, 0.25) is 0 Å². The summed E-state index contributed by atoms with van der Waals surface area (Å²) in [5.41, 5.74) is 0.756. The number of rotatable bonds is 4. The first-order valence-electron chi connectivity index (χ1n) is 7.69. The highest BCUT2D eigenvalue weighted by molar-refractivity contribution is 5.77. The van der Waals surface area contributed by atoms with Gasteiger partial charge < -0.3 is 14.4 Å². The van der Waals surface area contributed by atoms with Crippen LogP contribution in [0.3, 0.4) is 0 Å². The van der Waals surface area contributed by atoms with E-state index in [9.17, 15) is 9.18 Å². The van der Waals surface area contributed by atoms with E-state index >= 15 is 0 Å². The van der Waals surface area contributed by atoms with Crippen LogP contribution in [0.1, 0.15) is 17.6 Å². The second-order valence-corrected chi connectivity index (χ2v) is 5.47. The van der Waals surface area contributed by atoms with Crippen molar-refractivity contribution >= 4 is 5.91 Å². The maximum atomic E-state index is 13.1. The zero-order valence-electron chi connectivity index (χ0n) is 13.3. The first-order valence-corrected chi connectivity index (χ1v) is 7.69. The Labute approximate surface area is 139 Å². The predicted octanol–water partition coefficient (Wildman–Crippen LogP) is 1.90. The second kappa shape index (κ2) is 7.35. The molecule has 126 valence electrons. The van der Waals surface area contributed by atoms with Crippen molar-refractivity contribution in [3.8, 4) is 5.75 Å². The molecule has 1 aliphatic heterocycles. The average molecular weight is 331 g/mol. The van der Waals surface area contributed by atoms with Gasteiger partial charge in [-0.15, -0.1) is 0 Å². The van der Waals surface area contributed by atoms with E-state index < -0.39 is 5.82 Å². The maximum absolute atomic E-state index is 13.1. The SMILES string of the molecule is Cc1nccc(C2CN(C(=O)COc3cccc(F)c3)CCO2)n1. The Hall–Kier alpha value is -2.54. The lowest BCUT2D eigenvalue weighted by molar-refractivity contribution is -0.141. The fraction of sp³-hybridized carbons (Fsp3) is 0.353. The van der Waals surface area contributed by atoms with Gasteiger partial charge in [0.15, 0.2) is 6.61 Å².